The lowest BCUT2D eigenvalue weighted by Gasteiger charge is -2.21. The molecule has 0 fully saturated rings. The molecule has 0 aromatic heterocycles. The Labute approximate surface area is 112 Å². The Kier molecular flexibility index (Phi) is 4.12. The predicted octanol–water partition coefficient (Wildman–Crippen LogP) is 2.37. The van der Waals surface area contributed by atoms with E-state index in [2.05, 4.69) is 5.32 Å². The second kappa shape index (κ2) is 5.61. The third-order valence-electron chi connectivity index (χ3n) is 3.24. The number of benzene rings is 1. The third-order valence-corrected chi connectivity index (χ3v) is 3.57. The van der Waals surface area contributed by atoms with Gasteiger partial charge in [0.15, 0.2) is 6.10 Å². The number of alkyl halides is 1. The summed E-state index contributed by atoms with van der Waals surface area (Å²) >= 11 is 5.85. The summed E-state index contributed by atoms with van der Waals surface area (Å²) in [6.45, 7) is 4.08. The number of nitrogens with one attached hydrogen (secondary N) is 1. The molecule has 2 rings (SSSR count). The molecule has 1 amide bonds. The van der Waals surface area contributed by atoms with E-state index in [0.717, 1.165) is 11.3 Å². The van der Waals surface area contributed by atoms with Gasteiger partial charge in [0.25, 0.3) is 5.91 Å². The highest BCUT2D eigenvalue weighted by Gasteiger charge is 2.30. The van der Waals surface area contributed by atoms with Crippen LogP contribution in [0.4, 0.5) is 0 Å². The molecule has 0 aliphatic carbocycles. The van der Waals surface area contributed by atoms with Crippen molar-refractivity contribution in [3.8, 4) is 5.75 Å². The number of amides is 1. The minimum absolute atomic E-state index is 0.00789. The Bertz CT molecular complexity index is 409. The molecular formula is C14H18ClNO2. The zero-order valence-electron chi connectivity index (χ0n) is 10.7. The van der Waals surface area contributed by atoms with E-state index in [0.29, 0.717) is 18.2 Å². The second-order valence-electron chi connectivity index (χ2n) is 4.93. The maximum atomic E-state index is 12.1. The molecular weight excluding hydrogens is 250 g/mol. The van der Waals surface area contributed by atoms with E-state index >= 15 is 0 Å². The van der Waals surface area contributed by atoms with Crippen molar-refractivity contribution in [1.29, 1.82) is 0 Å². The van der Waals surface area contributed by atoms with E-state index in [-0.39, 0.29) is 11.9 Å². The Morgan fingerprint density at radius 2 is 2.22 bits per heavy atom. The van der Waals surface area contributed by atoms with Gasteiger partial charge in [-0.3, -0.25) is 4.79 Å². The number of carbonyl (C=O) groups is 1. The van der Waals surface area contributed by atoms with Crippen molar-refractivity contribution in [3.05, 3.63) is 29.8 Å². The molecule has 0 radical (unpaired) electrons. The van der Waals surface area contributed by atoms with Gasteiger partial charge in [-0.1, -0.05) is 32.0 Å². The quantitative estimate of drug-likeness (QED) is 0.851. The molecule has 0 bridgehead atoms. The highest BCUT2D eigenvalue weighted by atomic mass is 35.5. The van der Waals surface area contributed by atoms with Crippen LogP contribution < -0.4 is 10.1 Å². The first-order valence-corrected chi connectivity index (χ1v) is 6.76. The van der Waals surface area contributed by atoms with Crippen LogP contribution in [0.1, 0.15) is 19.4 Å². The summed E-state index contributed by atoms with van der Waals surface area (Å²) in [4.78, 5) is 12.1. The number of hydrogen-bond acceptors (Lipinski definition) is 2. The van der Waals surface area contributed by atoms with Crippen LogP contribution in [0.2, 0.25) is 0 Å². The molecule has 1 aromatic carbocycles. The van der Waals surface area contributed by atoms with Gasteiger partial charge in [-0.05, 0) is 17.5 Å². The minimum Gasteiger partial charge on any atom is -0.480 e. The smallest absolute Gasteiger partial charge is 0.261 e. The normalized spacial score (nSPS) is 19.2. The summed E-state index contributed by atoms with van der Waals surface area (Å²) in [6, 6.07) is 7.74. The fourth-order valence-electron chi connectivity index (χ4n) is 1.99. The van der Waals surface area contributed by atoms with E-state index in [1.54, 1.807) is 0 Å². The molecule has 18 heavy (non-hydrogen) atoms. The topological polar surface area (TPSA) is 38.3 Å². The first-order chi connectivity index (χ1) is 8.61. The van der Waals surface area contributed by atoms with E-state index in [4.69, 9.17) is 16.3 Å². The van der Waals surface area contributed by atoms with E-state index in [9.17, 15) is 4.79 Å². The summed E-state index contributed by atoms with van der Waals surface area (Å²) in [5.74, 6) is 1.47. The Morgan fingerprint density at radius 3 is 2.83 bits per heavy atom. The average Bonchev–Trinajstić information content (AvgIpc) is 2.79. The van der Waals surface area contributed by atoms with E-state index in [1.807, 2.05) is 38.1 Å². The number of halogens is 1. The van der Waals surface area contributed by atoms with Crippen molar-refractivity contribution in [3.63, 3.8) is 0 Å². The lowest BCUT2D eigenvalue weighted by Crippen LogP contribution is -2.46. The molecule has 0 saturated heterocycles. The maximum absolute atomic E-state index is 12.1. The van der Waals surface area contributed by atoms with Crippen LogP contribution in [-0.4, -0.2) is 23.9 Å². The summed E-state index contributed by atoms with van der Waals surface area (Å²) in [6.07, 6.45) is 0.210. The highest BCUT2D eigenvalue weighted by molar-refractivity contribution is 6.18. The van der Waals surface area contributed by atoms with Crippen LogP contribution in [0, 0.1) is 5.92 Å². The maximum Gasteiger partial charge on any atom is 0.261 e. The Hall–Kier alpha value is -1.22. The lowest BCUT2D eigenvalue weighted by molar-refractivity contribution is -0.128. The van der Waals surface area contributed by atoms with Gasteiger partial charge in [0, 0.05) is 18.3 Å². The number of carbonyl (C=O) groups excluding carboxylic acids is 1. The average molecular weight is 268 g/mol. The summed E-state index contributed by atoms with van der Waals surface area (Å²) in [5, 5.41) is 2.95. The van der Waals surface area contributed by atoms with Crippen molar-refractivity contribution < 1.29 is 9.53 Å². The second-order valence-corrected chi connectivity index (χ2v) is 5.24. The van der Waals surface area contributed by atoms with Gasteiger partial charge in [0.2, 0.25) is 0 Å². The van der Waals surface area contributed by atoms with Crippen molar-refractivity contribution in [2.24, 2.45) is 5.92 Å². The lowest BCUT2D eigenvalue weighted by atomic mass is 10.1. The number of rotatable bonds is 4. The molecule has 0 saturated carbocycles. The fraction of sp³-hybridized carbons (Fsp3) is 0.500. The van der Waals surface area contributed by atoms with Crippen LogP contribution in [0.5, 0.6) is 5.75 Å². The molecule has 4 heteroatoms. The van der Waals surface area contributed by atoms with Gasteiger partial charge in [-0.15, -0.1) is 11.6 Å². The van der Waals surface area contributed by atoms with Crippen molar-refractivity contribution in [1.82, 2.24) is 5.32 Å². The molecule has 2 unspecified atom stereocenters. The van der Waals surface area contributed by atoms with Crippen LogP contribution >= 0.6 is 11.6 Å². The Balaban J connectivity index is 1.97. The monoisotopic (exact) mass is 267 g/mol. The SMILES string of the molecule is CC(C)C(CCl)NC(=O)C1Cc2ccccc2O1. The molecule has 0 spiro atoms. The largest absolute Gasteiger partial charge is 0.480 e. The number of fused-ring (bicyclic) bond motifs is 1. The van der Waals surface area contributed by atoms with E-state index < -0.39 is 6.10 Å². The van der Waals surface area contributed by atoms with Gasteiger partial charge in [0.05, 0.1) is 0 Å². The van der Waals surface area contributed by atoms with Gasteiger partial charge in [-0.2, -0.15) is 0 Å². The minimum atomic E-state index is -0.424. The Morgan fingerprint density at radius 1 is 1.50 bits per heavy atom. The molecule has 1 aliphatic heterocycles. The van der Waals surface area contributed by atoms with Crippen molar-refractivity contribution in [2.45, 2.75) is 32.4 Å². The van der Waals surface area contributed by atoms with Crippen LogP contribution in [0.3, 0.4) is 0 Å². The molecule has 98 valence electrons. The van der Waals surface area contributed by atoms with Gasteiger partial charge >= 0.3 is 0 Å². The highest BCUT2D eigenvalue weighted by Crippen LogP contribution is 2.28. The number of para-hydroxylation sites is 1. The van der Waals surface area contributed by atoms with Gasteiger partial charge in [-0.25, -0.2) is 0 Å². The summed E-state index contributed by atoms with van der Waals surface area (Å²) < 4.78 is 5.64. The fourth-order valence-corrected chi connectivity index (χ4v) is 2.42. The zero-order valence-corrected chi connectivity index (χ0v) is 11.4. The van der Waals surface area contributed by atoms with Crippen molar-refractivity contribution in [2.75, 3.05) is 5.88 Å². The summed E-state index contributed by atoms with van der Waals surface area (Å²) in [7, 11) is 0. The van der Waals surface area contributed by atoms with Crippen LogP contribution in [0.25, 0.3) is 0 Å². The molecule has 1 aromatic rings. The third kappa shape index (κ3) is 2.78. The number of ether oxygens (including phenoxy) is 1. The predicted molar refractivity (Wildman–Crippen MR) is 72.1 cm³/mol. The van der Waals surface area contributed by atoms with Gasteiger partial charge < -0.3 is 10.1 Å². The van der Waals surface area contributed by atoms with Gasteiger partial charge in [0.1, 0.15) is 5.75 Å². The molecule has 2 atom stereocenters. The first-order valence-electron chi connectivity index (χ1n) is 6.22. The van der Waals surface area contributed by atoms with E-state index in [1.165, 1.54) is 0 Å². The first kappa shape index (κ1) is 13.2. The molecule has 1 aliphatic rings. The number of hydrogen-bond donors (Lipinski definition) is 1. The standard InChI is InChI=1S/C14H18ClNO2/c1-9(2)11(8-15)16-14(17)13-7-10-5-3-4-6-12(10)18-13/h3-6,9,11,13H,7-8H2,1-2H3,(H,16,17). The molecule has 1 N–H and O–H groups in total. The molecule has 3 nitrogen and oxygen atoms in total. The molecule has 1 heterocycles. The zero-order chi connectivity index (χ0) is 13.1. The van der Waals surface area contributed by atoms with Crippen LogP contribution in [-0.2, 0) is 11.2 Å². The van der Waals surface area contributed by atoms with Crippen LogP contribution in [0.15, 0.2) is 24.3 Å². The summed E-state index contributed by atoms with van der Waals surface area (Å²) in [5.41, 5.74) is 1.09. The van der Waals surface area contributed by atoms with Crippen molar-refractivity contribution >= 4 is 17.5 Å².